The molecule has 2 N–H and O–H groups in total. The fourth-order valence-corrected chi connectivity index (χ4v) is 2.48. The van der Waals surface area contributed by atoms with E-state index in [0.29, 0.717) is 12.3 Å². The zero-order chi connectivity index (χ0) is 13.7. The van der Waals surface area contributed by atoms with E-state index in [1.807, 2.05) is 6.92 Å². The van der Waals surface area contributed by atoms with Gasteiger partial charge in [0.2, 0.25) is 5.91 Å². The highest BCUT2D eigenvalue weighted by Gasteiger charge is 2.18. The van der Waals surface area contributed by atoms with Crippen molar-refractivity contribution in [3.63, 3.8) is 0 Å². The standard InChI is InChI=1S/C15H21FN2O/c1-11(13-2-4-14(16)5-3-13)18-15(19)10-12-6-8-17-9-7-12/h2-5,11-12,17H,6-10H2,1H3,(H,18,19). The molecule has 1 aliphatic heterocycles. The van der Waals surface area contributed by atoms with E-state index < -0.39 is 0 Å². The van der Waals surface area contributed by atoms with Crippen LogP contribution in [0, 0.1) is 11.7 Å². The zero-order valence-corrected chi connectivity index (χ0v) is 11.3. The number of carbonyl (C=O) groups excluding carboxylic acids is 1. The van der Waals surface area contributed by atoms with Crippen molar-refractivity contribution in [1.29, 1.82) is 0 Å². The Kier molecular flexibility index (Phi) is 4.91. The summed E-state index contributed by atoms with van der Waals surface area (Å²) in [7, 11) is 0. The molecule has 0 bridgehead atoms. The largest absolute Gasteiger partial charge is 0.350 e. The molecule has 1 aromatic rings. The molecule has 2 rings (SSSR count). The van der Waals surface area contributed by atoms with Crippen LogP contribution in [0.3, 0.4) is 0 Å². The molecule has 0 radical (unpaired) electrons. The third kappa shape index (κ3) is 4.31. The summed E-state index contributed by atoms with van der Waals surface area (Å²) in [5, 5.41) is 6.27. The van der Waals surface area contributed by atoms with E-state index in [-0.39, 0.29) is 17.8 Å². The van der Waals surface area contributed by atoms with E-state index in [4.69, 9.17) is 0 Å². The molecule has 4 heteroatoms. The first-order valence-electron chi connectivity index (χ1n) is 6.90. The van der Waals surface area contributed by atoms with E-state index in [0.717, 1.165) is 31.5 Å². The van der Waals surface area contributed by atoms with Crippen LogP contribution >= 0.6 is 0 Å². The highest BCUT2D eigenvalue weighted by Crippen LogP contribution is 2.17. The number of nitrogens with one attached hydrogen (secondary N) is 2. The predicted molar refractivity (Wildman–Crippen MR) is 73.2 cm³/mol. The lowest BCUT2D eigenvalue weighted by molar-refractivity contribution is -0.122. The first kappa shape index (κ1) is 14.0. The van der Waals surface area contributed by atoms with Crippen molar-refractivity contribution in [2.45, 2.75) is 32.2 Å². The molecule has 104 valence electrons. The molecule has 1 amide bonds. The average Bonchev–Trinajstić information content (AvgIpc) is 2.40. The van der Waals surface area contributed by atoms with Crippen LogP contribution in [0.5, 0.6) is 0 Å². The Morgan fingerprint density at radius 2 is 2.00 bits per heavy atom. The second-order valence-corrected chi connectivity index (χ2v) is 5.24. The van der Waals surface area contributed by atoms with Crippen molar-refractivity contribution in [2.75, 3.05) is 13.1 Å². The molecule has 0 aromatic heterocycles. The van der Waals surface area contributed by atoms with Crippen molar-refractivity contribution >= 4 is 5.91 Å². The van der Waals surface area contributed by atoms with Crippen molar-refractivity contribution in [3.8, 4) is 0 Å². The second-order valence-electron chi connectivity index (χ2n) is 5.24. The van der Waals surface area contributed by atoms with E-state index in [9.17, 15) is 9.18 Å². The predicted octanol–water partition coefficient (Wildman–Crippen LogP) is 2.39. The van der Waals surface area contributed by atoms with Gasteiger partial charge in [-0.15, -0.1) is 0 Å². The molecule has 1 fully saturated rings. The Balaban J connectivity index is 1.82. The van der Waals surface area contributed by atoms with Gasteiger partial charge in [0.25, 0.3) is 0 Å². The molecular formula is C15H21FN2O. The lowest BCUT2D eigenvalue weighted by Crippen LogP contribution is -2.33. The molecule has 1 atom stereocenters. The number of amides is 1. The minimum Gasteiger partial charge on any atom is -0.350 e. The molecule has 0 aliphatic carbocycles. The van der Waals surface area contributed by atoms with Crippen LogP contribution in [0.4, 0.5) is 4.39 Å². The molecule has 1 unspecified atom stereocenters. The highest BCUT2D eigenvalue weighted by atomic mass is 19.1. The topological polar surface area (TPSA) is 41.1 Å². The van der Waals surface area contributed by atoms with E-state index in [1.54, 1.807) is 12.1 Å². The number of hydrogen-bond donors (Lipinski definition) is 2. The SMILES string of the molecule is CC(NC(=O)CC1CCNCC1)c1ccc(F)cc1. The second kappa shape index (κ2) is 6.66. The summed E-state index contributed by atoms with van der Waals surface area (Å²) >= 11 is 0. The van der Waals surface area contributed by atoms with Crippen LogP contribution in [0.2, 0.25) is 0 Å². The summed E-state index contributed by atoms with van der Waals surface area (Å²) in [5.74, 6) is 0.322. The lowest BCUT2D eigenvalue weighted by atomic mass is 9.94. The fourth-order valence-electron chi connectivity index (χ4n) is 2.48. The van der Waals surface area contributed by atoms with Crippen LogP contribution in [0.1, 0.15) is 37.8 Å². The third-order valence-corrected chi connectivity index (χ3v) is 3.68. The Morgan fingerprint density at radius 1 is 1.37 bits per heavy atom. The van der Waals surface area contributed by atoms with E-state index >= 15 is 0 Å². The van der Waals surface area contributed by atoms with E-state index in [1.165, 1.54) is 12.1 Å². The first-order chi connectivity index (χ1) is 9.15. The van der Waals surface area contributed by atoms with Gasteiger partial charge in [-0.2, -0.15) is 0 Å². The van der Waals surface area contributed by atoms with Gasteiger partial charge >= 0.3 is 0 Å². The van der Waals surface area contributed by atoms with Crippen molar-refractivity contribution in [2.24, 2.45) is 5.92 Å². The van der Waals surface area contributed by atoms with Crippen LogP contribution in [-0.4, -0.2) is 19.0 Å². The summed E-state index contributed by atoms with van der Waals surface area (Å²) < 4.78 is 12.8. The van der Waals surface area contributed by atoms with Crippen LogP contribution in [0.15, 0.2) is 24.3 Å². The Bertz CT molecular complexity index is 413. The summed E-state index contributed by atoms with van der Waals surface area (Å²) in [4.78, 5) is 12.0. The molecule has 1 aromatic carbocycles. The summed E-state index contributed by atoms with van der Waals surface area (Å²) in [6, 6.07) is 6.19. The van der Waals surface area contributed by atoms with Gasteiger partial charge in [0, 0.05) is 6.42 Å². The molecule has 1 aliphatic rings. The highest BCUT2D eigenvalue weighted by molar-refractivity contribution is 5.76. The van der Waals surface area contributed by atoms with Crippen LogP contribution in [0.25, 0.3) is 0 Å². The lowest BCUT2D eigenvalue weighted by Gasteiger charge is -2.23. The smallest absolute Gasteiger partial charge is 0.220 e. The van der Waals surface area contributed by atoms with Crippen molar-refractivity contribution in [3.05, 3.63) is 35.6 Å². The van der Waals surface area contributed by atoms with Crippen molar-refractivity contribution in [1.82, 2.24) is 10.6 Å². The maximum Gasteiger partial charge on any atom is 0.220 e. The first-order valence-corrected chi connectivity index (χ1v) is 6.90. The molecule has 19 heavy (non-hydrogen) atoms. The van der Waals surface area contributed by atoms with Gasteiger partial charge in [0.05, 0.1) is 6.04 Å². The Labute approximate surface area is 113 Å². The number of rotatable bonds is 4. The van der Waals surface area contributed by atoms with Gasteiger partial charge in [0.1, 0.15) is 5.82 Å². The quantitative estimate of drug-likeness (QED) is 0.876. The monoisotopic (exact) mass is 264 g/mol. The maximum atomic E-state index is 12.8. The van der Waals surface area contributed by atoms with Gasteiger partial charge in [-0.25, -0.2) is 4.39 Å². The van der Waals surface area contributed by atoms with Gasteiger partial charge in [-0.05, 0) is 56.5 Å². The average molecular weight is 264 g/mol. The normalized spacial score (nSPS) is 18.0. The molecular weight excluding hydrogens is 243 g/mol. The van der Waals surface area contributed by atoms with Gasteiger partial charge in [-0.1, -0.05) is 12.1 Å². The number of piperidine rings is 1. The van der Waals surface area contributed by atoms with Gasteiger partial charge in [0.15, 0.2) is 0 Å². The molecule has 3 nitrogen and oxygen atoms in total. The van der Waals surface area contributed by atoms with Crippen LogP contribution in [-0.2, 0) is 4.79 Å². The summed E-state index contributed by atoms with van der Waals surface area (Å²) in [5.41, 5.74) is 0.931. The summed E-state index contributed by atoms with van der Waals surface area (Å²) in [6.07, 6.45) is 2.73. The minimum absolute atomic E-state index is 0.0742. The number of hydrogen-bond acceptors (Lipinski definition) is 2. The number of halogens is 1. The Morgan fingerprint density at radius 3 is 2.63 bits per heavy atom. The van der Waals surface area contributed by atoms with Crippen LogP contribution < -0.4 is 10.6 Å². The zero-order valence-electron chi connectivity index (χ0n) is 11.3. The number of carbonyl (C=O) groups is 1. The summed E-state index contributed by atoms with van der Waals surface area (Å²) in [6.45, 7) is 3.94. The van der Waals surface area contributed by atoms with Crippen molar-refractivity contribution < 1.29 is 9.18 Å². The molecule has 0 saturated carbocycles. The minimum atomic E-state index is -0.253. The van der Waals surface area contributed by atoms with Gasteiger partial charge < -0.3 is 10.6 Å². The third-order valence-electron chi connectivity index (χ3n) is 3.68. The fraction of sp³-hybridized carbons (Fsp3) is 0.533. The molecule has 0 spiro atoms. The molecule has 1 heterocycles. The van der Waals surface area contributed by atoms with Gasteiger partial charge in [-0.3, -0.25) is 4.79 Å². The maximum absolute atomic E-state index is 12.8. The van der Waals surface area contributed by atoms with E-state index in [2.05, 4.69) is 10.6 Å². The Hall–Kier alpha value is -1.42. The molecule has 1 saturated heterocycles. The number of benzene rings is 1.